The number of furan rings is 1. The number of rotatable bonds is 6. The number of halogens is 1. The summed E-state index contributed by atoms with van der Waals surface area (Å²) in [6.45, 7) is 3.91. The smallest absolute Gasteiger partial charge is 0.224 e. The second kappa shape index (κ2) is 8.31. The lowest BCUT2D eigenvalue weighted by Crippen LogP contribution is -2.13. The number of methoxy groups -OCH3 is 1. The predicted octanol–water partition coefficient (Wildman–Crippen LogP) is 5.80. The van der Waals surface area contributed by atoms with Crippen LogP contribution in [0.3, 0.4) is 0 Å². The van der Waals surface area contributed by atoms with Crippen molar-refractivity contribution in [1.29, 1.82) is 0 Å². The van der Waals surface area contributed by atoms with Gasteiger partial charge in [-0.15, -0.1) is 0 Å². The summed E-state index contributed by atoms with van der Waals surface area (Å²) in [6.07, 6.45) is 0.837. The summed E-state index contributed by atoms with van der Waals surface area (Å²) in [5.74, 6) is 2.24. The molecule has 27 heavy (non-hydrogen) atoms. The van der Waals surface area contributed by atoms with Crippen molar-refractivity contribution in [3.63, 3.8) is 0 Å². The van der Waals surface area contributed by atoms with Crippen molar-refractivity contribution >= 4 is 23.2 Å². The highest BCUT2D eigenvalue weighted by atomic mass is 35.5. The van der Waals surface area contributed by atoms with Crippen molar-refractivity contribution in [3.8, 4) is 17.1 Å². The molecule has 0 atom stereocenters. The summed E-state index contributed by atoms with van der Waals surface area (Å²) in [7, 11) is 1.64. The van der Waals surface area contributed by atoms with Gasteiger partial charge in [-0.05, 0) is 67.4 Å². The Bertz CT molecular complexity index is 921. The number of aryl methyl sites for hydroxylation is 3. The van der Waals surface area contributed by atoms with E-state index in [1.165, 1.54) is 0 Å². The minimum absolute atomic E-state index is 0.0914. The largest absolute Gasteiger partial charge is 0.497 e. The van der Waals surface area contributed by atoms with Crippen molar-refractivity contribution in [2.75, 3.05) is 12.4 Å². The van der Waals surface area contributed by atoms with E-state index in [2.05, 4.69) is 5.32 Å². The highest BCUT2D eigenvalue weighted by Gasteiger charge is 2.11. The topological polar surface area (TPSA) is 51.5 Å². The molecular formula is C22H22ClNO3. The maximum absolute atomic E-state index is 12.3. The SMILES string of the molecule is COc1ccc(-c2ccc(CCC(=O)Nc3c(C)cc(C)cc3Cl)o2)cc1. The van der Waals surface area contributed by atoms with E-state index >= 15 is 0 Å². The van der Waals surface area contributed by atoms with Gasteiger partial charge in [-0.3, -0.25) is 4.79 Å². The fraction of sp³-hybridized carbons (Fsp3) is 0.227. The molecule has 4 nitrogen and oxygen atoms in total. The number of carbonyl (C=O) groups excluding carboxylic acids is 1. The molecule has 3 aromatic rings. The van der Waals surface area contributed by atoms with E-state index in [0.717, 1.165) is 34.0 Å². The van der Waals surface area contributed by atoms with Gasteiger partial charge in [0.1, 0.15) is 17.3 Å². The Kier molecular flexibility index (Phi) is 5.87. The van der Waals surface area contributed by atoms with E-state index in [0.29, 0.717) is 23.6 Å². The Labute approximate surface area is 164 Å². The van der Waals surface area contributed by atoms with Gasteiger partial charge < -0.3 is 14.5 Å². The van der Waals surface area contributed by atoms with Gasteiger partial charge in [0.2, 0.25) is 5.91 Å². The molecule has 3 rings (SSSR count). The number of hydrogen-bond acceptors (Lipinski definition) is 3. The Hall–Kier alpha value is -2.72. The second-order valence-electron chi connectivity index (χ2n) is 6.48. The molecule has 0 radical (unpaired) electrons. The number of benzene rings is 2. The van der Waals surface area contributed by atoms with E-state index in [1.807, 2.05) is 62.4 Å². The summed E-state index contributed by atoms with van der Waals surface area (Å²) in [6, 6.07) is 15.3. The molecule has 1 aromatic heterocycles. The Balaban J connectivity index is 1.60. The average Bonchev–Trinajstić information content (AvgIpc) is 3.12. The van der Waals surface area contributed by atoms with E-state index in [1.54, 1.807) is 7.11 Å². The molecule has 1 heterocycles. The lowest BCUT2D eigenvalue weighted by Gasteiger charge is -2.11. The Morgan fingerprint density at radius 2 is 1.85 bits per heavy atom. The first kappa shape index (κ1) is 19.1. The van der Waals surface area contributed by atoms with Gasteiger partial charge in [-0.1, -0.05) is 17.7 Å². The summed E-state index contributed by atoms with van der Waals surface area (Å²) < 4.78 is 11.0. The van der Waals surface area contributed by atoms with Crippen LogP contribution in [0.2, 0.25) is 5.02 Å². The third kappa shape index (κ3) is 4.72. The quantitative estimate of drug-likeness (QED) is 0.585. The van der Waals surface area contributed by atoms with Gasteiger partial charge in [-0.25, -0.2) is 0 Å². The van der Waals surface area contributed by atoms with Crippen LogP contribution in [0.15, 0.2) is 52.9 Å². The predicted molar refractivity (Wildman–Crippen MR) is 109 cm³/mol. The zero-order valence-electron chi connectivity index (χ0n) is 15.6. The van der Waals surface area contributed by atoms with Crippen LogP contribution in [0.4, 0.5) is 5.69 Å². The molecule has 1 N–H and O–H groups in total. The molecule has 1 amide bonds. The summed E-state index contributed by atoms with van der Waals surface area (Å²) in [5, 5.41) is 3.46. The number of nitrogens with one attached hydrogen (secondary N) is 1. The highest BCUT2D eigenvalue weighted by molar-refractivity contribution is 6.34. The number of carbonyl (C=O) groups is 1. The molecule has 0 spiro atoms. The molecule has 2 aromatic carbocycles. The standard InChI is InChI=1S/C22H22ClNO3/c1-14-12-15(2)22(19(23)13-14)24-21(25)11-9-18-8-10-20(27-18)16-4-6-17(26-3)7-5-16/h4-8,10,12-13H,9,11H2,1-3H3,(H,24,25). The van der Waals surface area contributed by atoms with Crippen LogP contribution in [-0.2, 0) is 11.2 Å². The van der Waals surface area contributed by atoms with Gasteiger partial charge in [0.15, 0.2) is 0 Å². The van der Waals surface area contributed by atoms with Gasteiger partial charge >= 0.3 is 0 Å². The molecule has 0 aliphatic heterocycles. The fourth-order valence-electron chi connectivity index (χ4n) is 2.94. The van der Waals surface area contributed by atoms with E-state index in [4.69, 9.17) is 20.8 Å². The molecule has 5 heteroatoms. The van der Waals surface area contributed by atoms with E-state index < -0.39 is 0 Å². The van der Waals surface area contributed by atoms with Crippen molar-refractivity contribution < 1.29 is 13.9 Å². The molecule has 0 bridgehead atoms. The number of amides is 1. The molecule has 140 valence electrons. The zero-order valence-corrected chi connectivity index (χ0v) is 16.4. The third-order valence-corrected chi connectivity index (χ3v) is 4.63. The molecule has 0 aliphatic carbocycles. The van der Waals surface area contributed by atoms with Gasteiger partial charge in [0.25, 0.3) is 0 Å². The lowest BCUT2D eigenvalue weighted by atomic mass is 10.1. The van der Waals surface area contributed by atoms with Crippen molar-refractivity contribution in [2.24, 2.45) is 0 Å². The second-order valence-corrected chi connectivity index (χ2v) is 6.89. The van der Waals surface area contributed by atoms with Crippen molar-refractivity contribution in [3.05, 3.63) is 70.4 Å². The Morgan fingerprint density at radius 1 is 1.11 bits per heavy atom. The van der Waals surface area contributed by atoms with Gasteiger partial charge in [-0.2, -0.15) is 0 Å². The molecule has 0 aliphatic rings. The first-order chi connectivity index (χ1) is 13.0. The first-order valence-corrected chi connectivity index (χ1v) is 9.14. The first-order valence-electron chi connectivity index (χ1n) is 8.76. The van der Waals surface area contributed by atoms with E-state index in [9.17, 15) is 4.79 Å². The van der Waals surface area contributed by atoms with Crippen molar-refractivity contribution in [1.82, 2.24) is 0 Å². The van der Waals surface area contributed by atoms with Crippen LogP contribution in [0.5, 0.6) is 5.75 Å². The van der Waals surface area contributed by atoms with E-state index in [-0.39, 0.29) is 5.91 Å². The minimum Gasteiger partial charge on any atom is -0.497 e. The maximum Gasteiger partial charge on any atom is 0.224 e. The third-order valence-electron chi connectivity index (χ3n) is 4.33. The summed E-state index contributed by atoms with van der Waals surface area (Å²) in [4.78, 5) is 12.3. The molecule has 0 fully saturated rings. The van der Waals surface area contributed by atoms with Gasteiger partial charge in [0, 0.05) is 18.4 Å². The highest BCUT2D eigenvalue weighted by Crippen LogP contribution is 2.28. The van der Waals surface area contributed by atoms with Crippen LogP contribution >= 0.6 is 11.6 Å². The van der Waals surface area contributed by atoms with Crippen molar-refractivity contribution in [2.45, 2.75) is 26.7 Å². The van der Waals surface area contributed by atoms with Gasteiger partial charge in [0.05, 0.1) is 17.8 Å². The number of ether oxygens (including phenoxy) is 1. The molecule has 0 saturated carbocycles. The summed E-state index contributed by atoms with van der Waals surface area (Å²) >= 11 is 6.25. The molecule has 0 unspecified atom stereocenters. The monoisotopic (exact) mass is 383 g/mol. The van der Waals surface area contributed by atoms with Crippen LogP contribution in [0.25, 0.3) is 11.3 Å². The normalized spacial score (nSPS) is 10.7. The zero-order chi connectivity index (χ0) is 19.4. The Morgan fingerprint density at radius 3 is 2.52 bits per heavy atom. The number of hydrogen-bond donors (Lipinski definition) is 1. The van der Waals surface area contributed by atoms with Crippen LogP contribution in [0.1, 0.15) is 23.3 Å². The molecular weight excluding hydrogens is 362 g/mol. The summed E-state index contributed by atoms with van der Waals surface area (Å²) in [5.41, 5.74) is 3.66. The minimum atomic E-state index is -0.0914. The fourth-order valence-corrected chi connectivity index (χ4v) is 3.30. The lowest BCUT2D eigenvalue weighted by molar-refractivity contribution is -0.116. The average molecular weight is 384 g/mol. The van der Waals surface area contributed by atoms with Crippen LogP contribution in [0, 0.1) is 13.8 Å². The van der Waals surface area contributed by atoms with Crippen LogP contribution < -0.4 is 10.1 Å². The molecule has 0 saturated heterocycles. The number of anilines is 1. The van der Waals surface area contributed by atoms with Crippen LogP contribution in [-0.4, -0.2) is 13.0 Å². The maximum atomic E-state index is 12.3.